The number of allylic oxidation sites excluding steroid dienone is 2. The summed E-state index contributed by atoms with van der Waals surface area (Å²) in [5, 5.41) is 9.78. The molecule has 4 aliphatic heterocycles. The van der Waals surface area contributed by atoms with E-state index in [1.54, 1.807) is 55.7 Å². The predicted molar refractivity (Wildman–Crippen MR) is 170 cm³/mol. The number of carbonyl (C=O) groups excluding carboxylic acids is 1. The predicted octanol–water partition coefficient (Wildman–Crippen LogP) is 2.63. The van der Waals surface area contributed by atoms with E-state index in [4.69, 9.17) is 9.47 Å². The number of carbonyl (C=O) groups is 1. The smallest absolute Gasteiger partial charge is 0.284 e. The number of sulfonamides is 1. The SMILES string of the molecule is CCOc1ccc(OC)cc1[C@]1(N2CC3(CN(C4CCN(C)CC4)C3)C2)C(=O)N(S(=O)(=O)c2ccccn2)C2C=CC(C#N)=CC21. The molecule has 2 unspecified atom stereocenters. The Hall–Kier alpha value is -3.76. The van der Waals surface area contributed by atoms with Crippen LogP contribution in [0, 0.1) is 22.7 Å². The molecule has 1 spiro atoms. The maximum atomic E-state index is 15.3. The number of fused-ring (bicyclic) bond motifs is 1. The molecule has 7 rings (SSSR count). The molecule has 1 aliphatic carbocycles. The first-order valence-electron chi connectivity index (χ1n) is 16.0. The van der Waals surface area contributed by atoms with E-state index in [0.29, 0.717) is 48.4 Å². The number of pyridine rings is 1. The van der Waals surface area contributed by atoms with Crippen molar-refractivity contribution >= 4 is 15.9 Å². The minimum Gasteiger partial charge on any atom is -0.497 e. The molecule has 4 saturated heterocycles. The number of hydrogen-bond donors (Lipinski definition) is 0. The molecule has 11 nitrogen and oxygen atoms in total. The van der Waals surface area contributed by atoms with Crippen molar-refractivity contribution in [3.05, 3.63) is 72.0 Å². The van der Waals surface area contributed by atoms with Crippen LogP contribution in [-0.4, -0.2) is 110 Å². The second-order valence-corrected chi connectivity index (χ2v) is 15.0. The van der Waals surface area contributed by atoms with Crippen LogP contribution in [0.25, 0.3) is 0 Å². The van der Waals surface area contributed by atoms with Gasteiger partial charge in [-0.25, -0.2) is 9.29 Å². The lowest BCUT2D eigenvalue weighted by Crippen LogP contribution is -2.78. The molecule has 1 amide bonds. The Labute approximate surface area is 270 Å². The topological polar surface area (TPSA) is 119 Å². The highest BCUT2D eigenvalue weighted by molar-refractivity contribution is 7.89. The van der Waals surface area contributed by atoms with Gasteiger partial charge in [-0.3, -0.25) is 14.6 Å². The van der Waals surface area contributed by atoms with Crippen molar-refractivity contribution in [2.45, 2.75) is 42.4 Å². The van der Waals surface area contributed by atoms with Crippen molar-refractivity contribution < 1.29 is 22.7 Å². The lowest BCUT2D eigenvalue weighted by Gasteiger charge is -2.66. The standard InChI is InChI=1S/C34H40N6O5S/c1-4-45-30-11-9-26(44-3)18-28(30)34(39-22-33(23-39)20-38(21-33)25-12-15-37(2)16-13-25)27-17-24(19-35)8-10-29(27)40(32(34)41)46(42,43)31-7-5-6-14-36-31/h5-11,14,17-18,25,27,29H,4,12-13,15-16,20-23H2,1-3H3/t27?,29?,34-/m0/s1. The Morgan fingerprint density at radius 2 is 1.87 bits per heavy atom. The molecule has 0 saturated carbocycles. The van der Waals surface area contributed by atoms with Crippen LogP contribution < -0.4 is 9.47 Å². The molecule has 2 aromatic rings. The average molecular weight is 645 g/mol. The first-order valence-corrected chi connectivity index (χ1v) is 17.4. The van der Waals surface area contributed by atoms with Gasteiger partial charge >= 0.3 is 0 Å². The lowest BCUT2D eigenvalue weighted by molar-refractivity contribution is -0.181. The van der Waals surface area contributed by atoms with Gasteiger partial charge in [-0.05, 0) is 76.3 Å². The molecule has 5 heterocycles. The van der Waals surface area contributed by atoms with Crippen LogP contribution >= 0.6 is 0 Å². The number of rotatable bonds is 8. The number of benzene rings is 1. The van der Waals surface area contributed by atoms with E-state index in [9.17, 15) is 13.7 Å². The summed E-state index contributed by atoms with van der Waals surface area (Å²) >= 11 is 0. The highest BCUT2D eigenvalue weighted by atomic mass is 32.2. The molecule has 4 fully saturated rings. The maximum absolute atomic E-state index is 15.3. The summed E-state index contributed by atoms with van der Waals surface area (Å²) in [5.74, 6) is -0.275. The molecule has 1 aromatic heterocycles. The summed E-state index contributed by atoms with van der Waals surface area (Å²) in [5.41, 5.74) is -0.546. The minimum atomic E-state index is -4.37. The first-order chi connectivity index (χ1) is 22.2. The van der Waals surface area contributed by atoms with E-state index in [1.165, 1.54) is 12.3 Å². The summed E-state index contributed by atoms with van der Waals surface area (Å²) in [7, 11) is -0.641. The molecule has 46 heavy (non-hydrogen) atoms. The summed E-state index contributed by atoms with van der Waals surface area (Å²) in [6.07, 6.45) is 8.75. The largest absolute Gasteiger partial charge is 0.497 e. The molecule has 1 aromatic carbocycles. The Morgan fingerprint density at radius 1 is 1.11 bits per heavy atom. The van der Waals surface area contributed by atoms with Gasteiger partial charge in [0.25, 0.3) is 15.9 Å². The molecule has 0 radical (unpaired) electrons. The van der Waals surface area contributed by atoms with E-state index >= 15 is 4.79 Å². The van der Waals surface area contributed by atoms with Gasteiger partial charge in [0.15, 0.2) is 5.03 Å². The quantitative estimate of drug-likeness (QED) is 0.424. The number of ether oxygens (including phenoxy) is 2. The Bertz CT molecular complexity index is 1720. The van der Waals surface area contributed by atoms with Crippen LogP contribution in [0.4, 0.5) is 0 Å². The Balaban J connectivity index is 1.34. The average Bonchev–Trinajstić information content (AvgIpc) is 3.29. The number of amides is 1. The minimum absolute atomic E-state index is 0.0102. The number of nitrogens with zero attached hydrogens (tertiary/aromatic N) is 6. The first kappa shape index (κ1) is 30.9. The number of methoxy groups -OCH3 is 1. The van der Waals surface area contributed by atoms with Crippen molar-refractivity contribution in [1.82, 2.24) is 24.0 Å². The molecule has 5 aliphatic rings. The number of piperidine rings is 1. The third kappa shape index (κ3) is 4.67. The van der Waals surface area contributed by atoms with E-state index in [1.807, 2.05) is 6.92 Å². The number of likely N-dealkylation sites (tertiary alicyclic amines) is 3. The summed E-state index contributed by atoms with van der Waals surface area (Å²) < 4.78 is 41.4. The summed E-state index contributed by atoms with van der Waals surface area (Å²) in [4.78, 5) is 26.5. The van der Waals surface area contributed by atoms with Crippen molar-refractivity contribution in [3.63, 3.8) is 0 Å². The van der Waals surface area contributed by atoms with E-state index in [-0.39, 0.29) is 10.4 Å². The normalized spacial score (nSPS) is 28.3. The van der Waals surface area contributed by atoms with Crippen LogP contribution in [0.3, 0.4) is 0 Å². The molecule has 0 N–H and O–H groups in total. The van der Waals surface area contributed by atoms with E-state index in [2.05, 4.69) is 32.8 Å². The van der Waals surface area contributed by atoms with Crippen LogP contribution in [-0.2, 0) is 20.4 Å². The number of hydrogen-bond acceptors (Lipinski definition) is 10. The van der Waals surface area contributed by atoms with Crippen LogP contribution in [0.2, 0.25) is 0 Å². The molecular weight excluding hydrogens is 604 g/mol. The van der Waals surface area contributed by atoms with Crippen LogP contribution in [0.15, 0.2) is 71.4 Å². The molecule has 12 heteroatoms. The van der Waals surface area contributed by atoms with Gasteiger partial charge in [-0.15, -0.1) is 0 Å². The lowest BCUT2D eigenvalue weighted by atomic mass is 9.65. The maximum Gasteiger partial charge on any atom is 0.284 e. The second kappa shape index (κ2) is 11.5. The van der Waals surface area contributed by atoms with Crippen molar-refractivity contribution in [2.24, 2.45) is 11.3 Å². The zero-order chi connectivity index (χ0) is 32.3. The van der Waals surface area contributed by atoms with Crippen molar-refractivity contribution in [2.75, 3.05) is 60.0 Å². The molecule has 242 valence electrons. The fourth-order valence-electron chi connectivity index (χ4n) is 8.32. The van der Waals surface area contributed by atoms with Gasteiger partial charge in [0.05, 0.1) is 25.8 Å². The second-order valence-electron chi connectivity index (χ2n) is 13.2. The fraction of sp³-hybridized carbons (Fsp3) is 0.500. The van der Waals surface area contributed by atoms with Crippen LogP contribution in [0.5, 0.6) is 11.5 Å². The van der Waals surface area contributed by atoms with Gasteiger partial charge in [0.2, 0.25) is 0 Å². The summed E-state index contributed by atoms with van der Waals surface area (Å²) in [6, 6.07) is 11.9. The zero-order valence-corrected chi connectivity index (χ0v) is 27.3. The number of nitriles is 1. The molecular formula is C34H40N6O5S. The van der Waals surface area contributed by atoms with E-state index < -0.39 is 33.4 Å². The highest BCUT2D eigenvalue weighted by Gasteiger charge is 2.70. The molecule has 0 bridgehead atoms. The third-order valence-electron chi connectivity index (χ3n) is 10.5. The molecule has 3 atom stereocenters. The van der Waals surface area contributed by atoms with Gasteiger partial charge in [0, 0.05) is 60.9 Å². The fourth-order valence-corrected chi connectivity index (χ4v) is 9.85. The van der Waals surface area contributed by atoms with E-state index in [0.717, 1.165) is 43.3 Å². The number of aromatic nitrogens is 1. The third-order valence-corrected chi connectivity index (χ3v) is 12.2. The van der Waals surface area contributed by atoms with Crippen molar-refractivity contribution in [1.29, 1.82) is 5.26 Å². The monoisotopic (exact) mass is 644 g/mol. The van der Waals surface area contributed by atoms with Crippen molar-refractivity contribution in [3.8, 4) is 17.6 Å². The van der Waals surface area contributed by atoms with Crippen LogP contribution in [0.1, 0.15) is 25.3 Å². The van der Waals surface area contributed by atoms with Gasteiger partial charge in [-0.2, -0.15) is 13.7 Å². The van der Waals surface area contributed by atoms with Gasteiger partial charge < -0.3 is 14.4 Å². The van der Waals surface area contributed by atoms with Gasteiger partial charge in [0.1, 0.15) is 17.0 Å². The summed E-state index contributed by atoms with van der Waals surface area (Å²) in [6.45, 7) is 7.54. The Kier molecular flexibility index (Phi) is 7.71. The Morgan fingerprint density at radius 3 is 2.52 bits per heavy atom. The van der Waals surface area contributed by atoms with Gasteiger partial charge in [-0.1, -0.05) is 18.2 Å². The zero-order valence-electron chi connectivity index (χ0n) is 26.5. The highest BCUT2D eigenvalue weighted by Crippen LogP contribution is 2.58.